The van der Waals surface area contributed by atoms with Crippen LogP contribution >= 0.6 is 11.6 Å². The maximum Gasteiger partial charge on any atom is 0.338 e. The molecule has 2 heterocycles. The fourth-order valence-electron chi connectivity index (χ4n) is 4.03. The first-order valence-electron chi connectivity index (χ1n) is 10.7. The molecule has 0 atom stereocenters. The number of nitrogens with zero attached hydrogens (tertiary/aromatic N) is 3. The van der Waals surface area contributed by atoms with Gasteiger partial charge in [0.05, 0.1) is 29.1 Å². The van der Waals surface area contributed by atoms with Gasteiger partial charge in [0.1, 0.15) is 5.57 Å². The number of anilines is 1. The number of ether oxygens (including phenoxy) is 1. The van der Waals surface area contributed by atoms with Crippen molar-refractivity contribution < 1.29 is 23.9 Å². The summed E-state index contributed by atoms with van der Waals surface area (Å²) in [5.41, 5.74) is 3.14. The van der Waals surface area contributed by atoms with Crippen molar-refractivity contribution in [2.45, 2.75) is 13.8 Å². The summed E-state index contributed by atoms with van der Waals surface area (Å²) < 4.78 is 6.63. The number of hydrogen-bond acceptors (Lipinski definition) is 5. The van der Waals surface area contributed by atoms with E-state index in [1.807, 2.05) is 18.4 Å². The van der Waals surface area contributed by atoms with Crippen LogP contribution in [0, 0.1) is 13.8 Å². The Morgan fingerprint density at radius 1 is 0.971 bits per heavy atom. The van der Waals surface area contributed by atoms with Crippen molar-refractivity contribution in [3.05, 3.63) is 87.7 Å². The van der Waals surface area contributed by atoms with Crippen LogP contribution in [-0.2, 0) is 14.3 Å². The van der Waals surface area contributed by atoms with E-state index in [-0.39, 0.29) is 5.57 Å². The molecule has 0 N–H and O–H groups in total. The van der Waals surface area contributed by atoms with Crippen LogP contribution in [0.15, 0.2) is 60.2 Å². The predicted octanol–water partition coefficient (Wildman–Crippen LogP) is 4.54. The van der Waals surface area contributed by atoms with Gasteiger partial charge in [-0.15, -0.1) is 0 Å². The second kappa shape index (κ2) is 9.23. The van der Waals surface area contributed by atoms with E-state index in [1.165, 1.54) is 20.2 Å². The van der Waals surface area contributed by atoms with Gasteiger partial charge >= 0.3 is 12.0 Å². The molecule has 0 unspecified atom stereocenters. The molecule has 3 aromatic rings. The average Bonchev–Trinajstić information content (AvgIpc) is 3.13. The summed E-state index contributed by atoms with van der Waals surface area (Å²) in [6, 6.07) is 14.3. The lowest BCUT2D eigenvalue weighted by molar-refractivity contribution is -0.128. The Hall–Kier alpha value is -4.17. The molecule has 4 rings (SSSR count). The van der Waals surface area contributed by atoms with Gasteiger partial charge in [0, 0.05) is 18.4 Å². The highest BCUT2D eigenvalue weighted by Crippen LogP contribution is 2.30. The van der Waals surface area contributed by atoms with Crippen molar-refractivity contribution in [2.75, 3.05) is 19.1 Å². The molecular weight excluding hydrogens is 470 g/mol. The van der Waals surface area contributed by atoms with Crippen molar-refractivity contribution in [3.63, 3.8) is 0 Å². The van der Waals surface area contributed by atoms with Crippen LogP contribution in [0.3, 0.4) is 0 Å². The van der Waals surface area contributed by atoms with Crippen LogP contribution in [0.4, 0.5) is 10.5 Å². The molecule has 0 aliphatic carbocycles. The molecule has 9 heteroatoms. The van der Waals surface area contributed by atoms with Crippen LogP contribution < -0.4 is 4.90 Å². The first kappa shape index (κ1) is 24.0. The summed E-state index contributed by atoms with van der Waals surface area (Å²) in [5.74, 6) is -1.90. The third-order valence-electron chi connectivity index (χ3n) is 5.84. The van der Waals surface area contributed by atoms with E-state index in [9.17, 15) is 19.2 Å². The molecule has 1 aliphatic rings. The molecule has 4 amide bonds. The molecule has 1 saturated heterocycles. The summed E-state index contributed by atoms with van der Waals surface area (Å²) in [6.45, 7) is 3.65. The lowest BCUT2D eigenvalue weighted by atomic mass is 10.1. The summed E-state index contributed by atoms with van der Waals surface area (Å²) in [6.07, 6.45) is 1.47. The highest BCUT2D eigenvalue weighted by Gasteiger charge is 2.41. The number of likely N-dealkylation sites (N-methyl/N-ethyl adjacent to an activating group) is 1. The Kier molecular flexibility index (Phi) is 6.32. The maximum absolute atomic E-state index is 13.3. The molecule has 0 saturated carbocycles. The van der Waals surface area contributed by atoms with E-state index in [4.69, 9.17) is 16.3 Å². The van der Waals surface area contributed by atoms with Crippen molar-refractivity contribution in [1.82, 2.24) is 9.47 Å². The summed E-state index contributed by atoms with van der Waals surface area (Å²) in [7, 11) is 2.63. The third kappa shape index (κ3) is 4.13. The number of benzene rings is 2. The Morgan fingerprint density at radius 3 is 2.31 bits per heavy atom. The summed E-state index contributed by atoms with van der Waals surface area (Å²) >= 11 is 6.44. The van der Waals surface area contributed by atoms with Gasteiger partial charge in [0.2, 0.25) is 0 Å². The highest BCUT2D eigenvalue weighted by molar-refractivity contribution is 6.39. The van der Waals surface area contributed by atoms with E-state index < -0.39 is 23.8 Å². The number of esters is 1. The zero-order valence-corrected chi connectivity index (χ0v) is 20.3. The van der Waals surface area contributed by atoms with Crippen LogP contribution in [0.1, 0.15) is 27.3 Å². The number of aromatic nitrogens is 1. The Morgan fingerprint density at radius 2 is 1.66 bits per heavy atom. The molecule has 35 heavy (non-hydrogen) atoms. The number of methoxy groups -OCH3 is 1. The zero-order valence-electron chi connectivity index (χ0n) is 19.5. The fourth-order valence-corrected chi connectivity index (χ4v) is 4.24. The van der Waals surface area contributed by atoms with Gasteiger partial charge < -0.3 is 9.30 Å². The molecule has 8 nitrogen and oxygen atoms in total. The Bertz CT molecular complexity index is 1410. The molecule has 1 aliphatic heterocycles. The number of barbiturate groups is 1. The third-order valence-corrected chi connectivity index (χ3v) is 6.16. The van der Waals surface area contributed by atoms with Crippen LogP contribution in [-0.4, -0.2) is 47.4 Å². The molecule has 2 aromatic carbocycles. The smallest absolute Gasteiger partial charge is 0.338 e. The summed E-state index contributed by atoms with van der Waals surface area (Å²) in [5, 5.41) is 0.407. The van der Waals surface area contributed by atoms with Crippen LogP contribution in [0.5, 0.6) is 0 Å². The monoisotopic (exact) mass is 491 g/mol. The fraction of sp³-hybridized carbons (Fsp3) is 0.154. The number of hydrogen-bond donors (Lipinski definition) is 0. The summed E-state index contributed by atoms with van der Waals surface area (Å²) in [4.78, 5) is 52.8. The van der Waals surface area contributed by atoms with Crippen LogP contribution in [0.25, 0.3) is 11.8 Å². The second-order valence-electron chi connectivity index (χ2n) is 8.00. The SMILES string of the molecule is COC(=O)c1ccc(Cl)c(-n2c(C)cc(/C=C3\C(=O)N(C)C(=O)N(c4ccccc4)C3=O)c2C)c1. The number of rotatable bonds is 4. The molecule has 0 spiro atoms. The predicted molar refractivity (Wildman–Crippen MR) is 132 cm³/mol. The Labute approximate surface area is 207 Å². The van der Waals surface area contributed by atoms with Crippen molar-refractivity contribution in [2.24, 2.45) is 0 Å². The first-order chi connectivity index (χ1) is 16.6. The van der Waals surface area contributed by atoms with Gasteiger partial charge in [-0.25, -0.2) is 14.5 Å². The normalized spacial score (nSPS) is 15.2. The van der Waals surface area contributed by atoms with Crippen molar-refractivity contribution in [3.8, 4) is 5.69 Å². The van der Waals surface area contributed by atoms with E-state index in [1.54, 1.807) is 54.6 Å². The number of imide groups is 2. The van der Waals surface area contributed by atoms with Gasteiger partial charge in [-0.3, -0.25) is 14.5 Å². The number of aryl methyl sites for hydroxylation is 1. The number of carbonyl (C=O) groups is 4. The minimum absolute atomic E-state index is 0.148. The number of para-hydroxylation sites is 1. The van der Waals surface area contributed by atoms with E-state index in [0.29, 0.717) is 33.2 Å². The largest absolute Gasteiger partial charge is 0.465 e. The van der Waals surface area contributed by atoms with Gasteiger partial charge in [0.25, 0.3) is 11.8 Å². The number of amides is 4. The van der Waals surface area contributed by atoms with Crippen molar-refractivity contribution in [1.29, 1.82) is 0 Å². The van der Waals surface area contributed by atoms with E-state index >= 15 is 0 Å². The highest BCUT2D eigenvalue weighted by atomic mass is 35.5. The zero-order chi connectivity index (χ0) is 25.4. The van der Waals surface area contributed by atoms with Gasteiger partial charge in [-0.05, 0) is 61.9 Å². The standard InChI is InChI=1S/C26H22ClN3O5/c1-15-12-18(16(2)29(15)22-14-17(25(33)35-4)10-11-21(22)27)13-20-23(31)28(3)26(34)30(24(20)32)19-8-6-5-7-9-19/h5-14H,1-4H3/b20-13+. The minimum atomic E-state index is -0.722. The molecule has 1 fully saturated rings. The second-order valence-corrected chi connectivity index (χ2v) is 8.41. The van der Waals surface area contributed by atoms with Crippen LogP contribution in [0.2, 0.25) is 5.02 Å². The molecule has 0 bridgehead atoms. The number of urea groups is 1. The number of halogens is 1. The Balaban J connectivity index is 1.82. The first-order valence-corrected chi connectivity index (χ1v) is 11.0. The lowest BCUT2D eigenvalue weighted by Crippen LogP contribution is -2.55. The molecular formula is C26H22ClN3O5. The average molecular weight is 492 g/mol. The van der Waals surface area contributed by atoms with E-state index in [0.717, 1.165) is 15.5 Å². The van der Waals surface area contributed by atoms with Crippen molar-refractivity contribution >= 4 is 47.2 Å². The quantitative estimate of drug-likeness (QED) is 0.303. The number of carbonyl (C=O) groups excluding carboxylic acids is 4. The van der Waals surface area contributed by atoms with Gasteiger partial charge in [-0.1, -0.05) is 29.8 Å². The van der Waals surface area contributed by atoms with Gasteiger partial charge in [-0.2, -0.15) is 0 Å². The maximum atomic E-state index is 13.3. The topological polar surface area (TPSA) is 88.9 Å². The molecule has 178 valence electrons. The van der Waals surface area contributed by atoms with E-state index in [2.05, 4.69) is 0 Å². The molecule has 1 aromatic heterocycles. The minimum Gasteiger partial charge on any atom is -0.465 e. The van der Waals surface area contributed by atoms with Gasteiger partial charge in [0.15, 0.2) is 0 Å². The molecule has 0 radical (unpaired) electrons. The lowest BCUT2D eigenvalue weighted by Gasteiger charge is -2.31.